The fraction of sp³-hybridized carbons (Fsp3) is 0.0833. The van der Waals surface area contributed by atoms with E-state index in [4.69, 9.17) is 16.0 Å². The molecule has 0 aliphatic rings. The van der Waals surface area contributed by atoms with Crippen LogP contribution >= 0.6 is 11.6 Å². The topological polar surface area (TPSA) is 30.2 Å². The van der Waals surface area contributed by atoms with Gasteiger partial charge in [-0.1, -0.05) is 17.7 Å². The van der Waals surface area contributed by atoms with Crippen LogP contribution in [-0.2, 0) is 6.42 Å². The zero-order valence-corrected chi connectivity index (χ0v) is 9.00. The van der Waals surface area contributed by atoms with Crippen LogP contribution in [0.15, 0.2) is 41.2 Å². The van der Waals surface area contributed by atoms with E-state index in [2.05, 4.69) is 0 Å². The Morgan fingerprint density at radius 3 is 2.81 bits per heavy atom. The van der Waals surface area contributed by atoms with Crippen molar-refractivity contribution in [2.24, 2.45) is 0 Å². The Kier molecular flexibility index (Phi) is 3.06. The van der Waals surface area contributed by atoms with E-state index in [1.807, 2.05) is 0 Å². The number of furan rings is 1. The van der Waals surface area contributed by atoms with Gasteiger partial charge >= 0.3 is 0 Å². The first-order chi connectivity index (χ1) is 7.66. The van der Waals surface area contributed by atoms with Crippen molar-refractivity contribution < 1.29 is 13.6 Å². The Labute approximate surface area is 96.6 Å². The summed E-state index contributed by atoms with van der Waals surface area (Å²) < 4.78 is 17.7. The maximum atomic E-state index is 12.9. The van der Waals surface area contributed by atoms with Crippen LogP contribution in [0.2, 0.25) is 5.02 Å². The van der Waals surface area contributed by atoms with Crippen LogP contribution in [0.25, 0.3) is 0 Å². The first-order valence-electron chi connectivity index (χ1n) is 4.66. The standard InChI is InChI=1S/C12H8ClFO2/c13-10-5-8(1-2-11(10)14)6-12(15)9-3-4-16-7-9/h1-5,7H,6H2. The van der Waals surface area contributed by atoms with E-state index >= 15 is 0 Å². The molecule has 16 heavy (non-hydrogen) atoms. The highest BCUT2D eigenvalue weighted by Gasteiger charge is 2.09. The zero-order chi connectivity index (χ0) is 11.5. The van der Waals surface area contributed by atoms with E-state index < -0.39 is 5.82 Å². The minimum absolute atomic E-state index is 0.0255. The monoisotopic (exact) mass is 238 g/mol. The average Bonchev–Trinajstić information content (AvgIpc) is 2.77. The quantitative estimate of drug-likeness (QED) is 0.766. The summed E-state index contributed by atoms with van der Waals surface area (Å²) >= 11 is 5.62. The maximum Gasteiger partial charge on any atom is 0.170 e. The maximum absolute atomic E-state index is 12.9. The van der Waals surface area contributed by atoms with Crippen molar-refractivity contribution in [2.45, 2.75) is 6.42 Å². The fourth-order valence-corrected chi connectivity index (χ4v) is 1.56. The Morgan fingerprint density at radius 1 is 1.38 bits per heavy atom. The molecule has 0 aliphatic carbocycles. The Balaban J connectivity index is 2.15. The lowest BCUT2D eigenvalue weighted by Crippen LogP contribution is -2.02. The summed E-state index contributed by atoms with van der Waals surface area (Å²) in [6, 6.07) is 5.84. The molecule has 2 rings (SSSR count). The molecular formula is C12H8ClFO2. The number of ketones is 1. The minimum atomic E-state index is -0.485. The largest absolute Gasteiger partial charge is 0.472 e. The number of rotatable bonds is 3. The average molecular weight is 239 g/mol. The van der Waals surface area contributed by atoms with Gasteiger partial charge in [-0.2, -0.15) is 0 Å². The molecule has 4 heteroatoms. The van der Waals surface area contributed by atoms with Gasteiger partial charge in [-0.3, -0.25) is 4.79 Å². The third-order valence-corrected chi connectivity index (χ3v) is 2.48. The number of carbonyl (C=O) groups is 1. The highest BCUT2D eigenvalue weighted by atomic mass is 35.5. The van der Waals surface area contributed by atoms with Crippen molar-refractivity contribution in [1.82, 2.24) is 0 Å². The van der Waals surface area contributed by atoms with Crippen molar-refractivity contribution in [1.29, 1.82) is 0 Å². The van der Waals surface area contributed by atoms with E-state index in [9.17, 15) is 9.18 Å². The summed E-state index contributed by atoms with van der Waals surface area (Å²) in [7, 11) is 0. The SMILES string of the molecule is O=C(Cc1ccc(F)c(Cl)c1)c1ccoc1. The van der Waals surface area contributed by atoms with Gasteiger partial charge in [0.15, 0.2) is 5.78 Å². The van der Waals surface area contributed by atoms with E-state index in [1.165, 1.54) is 24.7 Å². The highest BCUT2D eigenvalue weighted by molar-refractivity contribution is 6.30. The molecule has 0 atom stereocenters. The summed E-state index contributed by atoms with van der Waals surface area (Å²) in [6.07, 6.45) is 3.00. The van der Waals surface area contributed by atoms with E-state index in [-0.39, 0.29) is 17.2 Å². The summed E-state index contributed by atoms with van der Waals surface area (Å²) in [5.41, 5.74) is 1.18. The lowest BCUT2D eigenvalue weighted by Gasteiger charge is -2.00. The van der Waals surface area contributed by atoms with Crippen LogP contribution in [0.4, 0.5) is 4.39 Å². The molecule has 2 nitrogen and oxygen atoms in total. The van der Waals surface area contributed by atoms with Crippen LogP contribution in [-0.4, -0.2) is 5.78 Å². The van der Waals surface area contributed by atoms with Crippen molar-refractivity contribution in [3.05, 3.63) is 58.8 Å². The molecule has 0 spiro atoms. The van der Waals surface area contributed by atoms with Gasteiger partial charge in [0, 0.05) is 6.42 Å². The Bertz CT molecular complexity index is 506. The van der Waals surface area contributed by atoms with Crippen molar-refractivity contribution in [3.8, 4) is 0 Å². The van der Waals surface area contributed by atoms with Crippen molar-refractivity contribution in [3.63, 3.8) is 0 Å². The van der Waals surface area contributed by atoms with Gasteiger partial charge in [0.25, 0.3) is 0 Å². The van der Waals surface area contributed by atoms with Gasteiger partial charge in [-0.25, -0.2) is 4.39 Å². The summed E-state index contributed by atoms with van der Waals surface area (Å²) in [4.78, 5) is 11.7. The second-order valence-electron chi connectivity index (χ2n) is 3.36. The molecule has 0 aliphatic heterocycles. The third-order valence-electron chi connectivity index (χ3n) is 2.19. The molecule has 0 N–H and O–H groups in total. The summed E-state index contributed by atoms with van der Waals surface area (Å²) in [5, 5.41) is 0.0255. The zero-order valence-electron chi connectivity index (χ0n) is 8.24. The number of hydrogen-bond donors (Lipinski definition) is 0. The number of carbonyl (C=O) groups excluding carboxylic acids is 1. The predicted molar refractivity (Wildman–Crippen MR) is 58.2 cm³/mol. The number of hydrogen-bond acceptors (Lipinski definition) is 2. The lowest BCUT2D eigenvalue weighted by molar-refractivity contribution is 0.0992. The van der Waals surface area contributed by atoms with Gasteiger partial charge in [0.1, 0.15) is 12.1 Å². The molecule has 1 aromatic heterocycles. The minimum Gasteiger partial charge on any atom is -0.472 e. The molecule has 0 amide bonds. The first-order valence-corrected chi connectivity index (χ1v) is 5.04. The van der Waals surface area contributed by atoms with Crippen molar-refractivity contribution in [2.75, 3.05) is 0 Å². The third kappa shape index (κ3) is 2.31. The van der Waals surface area contributed by atoms with Gasteiger partial charge in [0.05, 0.1) is 16.8 Å². The van der Waals surface area contributed by atoms with Crippen LogP contribution in [0.5, 0.6) is 0 Å². The normalized spacial score (nSPS) is 10.4. The predicted octanol–water partition coefficient (Wildman–Crippen LogP) is 3.50. The molecule has 82 valence electrons. The van der Waals surface area contributed by atoms with E-state index in [0.29, 0.717) is 11.1 Å². The molecule has 1 heterocycles. The van der Waals surface area contributed by atoms with Gasteiger partial charge in [0.2, 0.25) is 0 Å². The first kappa shape index (κ1) is 10.9. The number of benzene rings is 1. The molecule has 0 bridgehead atoms. The van der Waals surface area contributed by atoms with Gasteiger partial charge in [-0.15, -0.1) is 0 Å². The van der Waals surface area contributed by atoms with Gasteiger partial charge < -0.3 is 4.42 Å². The second-order valence-corrected chi connectivity index (χ2v) is 3.77. The summed E-state index contributed by atoms with van der Waals surface area (Å²) in [6.45, 7) is 0. The Morgan fingerprint density at radius 2 is 2.19 bits per heavy atom. The van der Waals surface area contributed by atoms with Crippen LogP contribution in [0.1, 0.15) is 15.9 Å². The van der Waals surface area contributed by atoms with Crippen LogP contribution in [0.3, 0.4) is 0 Å². The van der Waals surface area contributed by atoms with Crippen molar-refractivity contribution >= 4 is 17.4 Å². The summed E-state index contributed by atoms with van der Waals surface area (Å²) in [5.74, 6) is -0.572. The molecule has 0 fully saturated rings. The molecule has 0 unspecified atom stereocenters. The van der Waals surface area contributed by atoms with Crippen LogP contribution in [0, 0.1) is 5.82 Å². The molecule has 0 saturated heterocycles. The van der Waals surface area contributed by atoms with E-state index in [1.54, 1.807) is 12.1 Å². The number of halogens is 2. The van der Waals surface area contributed by atoms with Gasteiger partial charge in [-0.05, 0) is 23.8 Å². The smallest absolute Gasteiger partial charge is 0.170 e. The number of Topliss-reactive ketones (excluding diaryl/α,β-unsaturated/α-hetero) is 1. The molecular weight excluding hydrogens is 231 g/mol. The fourth-order valence-electron chi connectivity index (χ4n) is 1.36. The van der Waals surface area contributed by atoms with E-state index in [0.717, 1.165) is 0 Å². The Hall–Kier alpha value is -1.61. The molecule has 0 radical (unpaired) electrons. The molecule has 0 saturated carbocycles. The molecule has 2 aromatic rings. The second kappa shape index (κ2) is 4.49. The highest BCUT2D eigenvalue weighted by Crippen LogP contribution is 2.17. The molecule has 1 aromatic carbocycles. The lowest BCUT2D eigenvalue weighted by atomic mass is 10.1. The van der Waals surface area contributed by atoms with Crippen LogP contribution < -0.4 is 0 Å².